The van der Waals surface area contributed by atoms with Crippen molar-refractivity contribution in [2.75, 3.05) is 25.1 Å². The molecule has 0 fully saturated rings. The van der Waals surface area contributed by atoms with Crippen molar-refractivity contribution in [3.05, 3.63) is 60.2 Å². The third kappa shape index (κ3) is 3.28. The van der Waals surface area contributed by atoms with Gasteiger partial charge in [0.05, 0.1) is 28.9 Å². The molecule has 0 amide bonds. The first-order valence-electron chi connectivity index (χ1n) is 9.81. The lowest BCUT2D eigenvalue weighted by molar-refractivity contribution is -0.136. The quantitative estimate of drug-likeness (QED) is 0.446. The molecule has 2 aromatic carbocycles. The summed E-state index contributed by atoms with van der Waals surface area (Å²) in [7, 11) is 3.56. The second-order valence-electron chi connectivity index (χ2n) is 7.54. The molecule has 0 spiro atoms. The van der Waals surface area contributed by atoms with Crippen LogP contribution in [0.15, 0.2) is 54.6 Å². The number of hydrogen-bond donors (Lipinski definition) is 0. The Hall–Kier alpha value is -3.55. The molecule has 1 aliphatic rings. The third-order valence-electron chi connectivity index (χ3n) is 5.50. The van der Waals surface area contributed by atoms with Crippen LogP contribution in [0.5, 0.6) is 5.75 Å². The average molecular weight is 424 g/mol. The lowest BCUT2D eigenvalue weighted by atomic mass is 10.0. The van der Waals surface area contributed by atoms with Gasteiger partial charge in [-0.25, -0.2) is 9.67 Å². The Morgan fingerprint density at radius 1 is 0.968 bits per heavy atom. The molecule has 0 N–H and O–H groups in total. The van der Waals surface area contributed by atoms with Crippen LogP contribution in [0.2, 0.25) is 0 Å². The summed E-state index contributed by atoms with van der Waals surface area (Å²) in [6.45, 7) is 1.28. The number of fused-ring (bicyclic) bond motifs is 2. The van der Waals surface area contributed by atoms with Crippen LogP contribution in [-0.2, 0) is 13.2 Å². The zero-order chi connectivity index (χ0) is 21.8. The summed E-state index contributed by atoms with van der Waals surface area (Å²) >= 11 is 0. The molecule has 0 radical (unpaired) electrons. The van der Waals surface area contributed by atoms with Gasteiger partial charge in [-0.3, -0.25) is 0 Å². The molecule has 0 bridgehead atoms. The van der Waals surface area contributed by atoms with E-state index in [2.05, 4.69) is 10.1 Å². The summed E-state index contributed by atoms with van der Waals surface area (Å²) in [6, 6.07) is 15.3. The number of pyridine rings is 1. The first-order valence-corrected chi connectivity index (χ1v) is 9.81. The van der Waals surface area contributed by atoms with Gasteiger partial charge in [0.15, 0.2) is 5.65 Å². The Labute approximate surface area is 176 Å². The summed E-state index contributed by atoms with van der Waals surface area (Å²) in [5.41, 5.74) is 1.98. The molecule has 5 rings (SSSR count). The van der Waals surface area contributed by atoms with Crippen molar-refractivity contribution < 1.29 is 17.9 Å². The van der Waals surface area contributed by atoms with Crippen molar-refractivity contribution in [2.45, 2.75) is 6.18 Å². The average Bonchev–Trinajstić information content (AvgIpc) is 3.09. The van der Waals surface area contributed by atoms with Gasteiger partial charge in [0.1, 0.15) is 18.1 Å². The fourth-order valence-corrected chi connectivity index (χ4v) is 3.93. The maximum absolute atomic E-state index is 14.1. The largest absolute Gasteiger partial charge is 0.490 e. The Balaban J connectivity index is 1.75. The molecule has 158 valence electrons. The van der Waals surface area contributed by atoms with Gasteiger partial charge < -0.3 is 9.64 Å². The summed E-state index contributed by atoms with van der Waals surface area (Å²) in [6.07, 6.45) is -4.56. The molecule has 0 saturated carbocycles. The first kappa shape index (κ1) is 19.4. The number of ether oxygens (including phenoxy) is 1. The number of hydrogen-bond acceptors (Lipinski definition) is 4. The van der Waals surface area contributed by atoms with Crippen molar-refractivity contribution in [2.24, 2.45) is 7.05 Å². The normalized spacial score (nSPS) is 13.9. The molecule has 0 saturated heterocycles. The predicted molar refractivity (Wildman–Crippen MR) is 113 cm³/mol. The SMILES string of the molecule is CN1CCOc2cc(-c3cc(C(F)(F)F)c4c(-c5ccccc5)nn(C)c4n3)ccc21. The summed E-state index contributed by atoms with van der Waals surface area (Å²) < 4.78 is 49.6. The van der Waals surface area contributed by atoms with E-state index in [1.807, 2.05) is 24.1 Å². The lowest BCUT2D eigenvalue weighted by Gasteiger charge is -2.28. The number of rotatable bonds is 2. The third-order valence-corrected chi connectivity index (χ3v) is 5.50. The number of aryl methyl sites for hydroxylation is 1. The fourth-order valence-electron chi connectivity index (χ4n) is 3.93. The van der Waals surface area contributed by atoms with E-state index in [9.17, 15) is 13.2 Å². The Bertz CT molecular complexity index is 1280. The van der Waals surface area contributed by atoms with Gasteiger partial charge in [-0.05, 0) is 18.2 Å². The monoisotopic (exact) mass is 424 g/mol. The highest BCUT2D eigenvalue weighted by molar-refractivity contribution is 5.95. The fraction of sp³-hybridized carbons (Fsp3) is 0.217. The van der Waals surface area contributed by atoms with Crippen molar-refractivity contribution in [3.8, 4) is 28.3 Å². The van der Waals surface area contributed by atoms with Gasteiger partial charge in [0.2, 0.25) is 0 Å². The van der Waals surface area contributed by atoms with Crippen LogP contribution >= 0.6 is 0 Å². The van der Waals surface area contributed by atoms with Gasteiger partial charge in [-0.2, -0.15) is 18.3 Å². The number of nitrogens with zero attached hydrogens (tertiary/aromatic N) is 4. The zero-order valence-electron chi connectivity index (χ0n) is 16.9. The molecule has 8 heteroatoms. The van der Waals surface area contributed by atoms with Gasteiger partial charge in [-0.15, -0.1) is 0 Å². The molecule has 4 aromatic rings. The molecule has 0 unspecified atom stereocenters. The minimum atomic E-state index is -4.56. The highest BCUT2D eigenvalue weighted by Crippen LogP contribution is 2.42. The summed E-state index contributed by atoms with van der Waals surface area (Å²) in [4.78, 5) is 6.61. The van der Waals surface area contributed by atoms with Crippen molar-refractivity contribution >= 4 is 16.7 Å². The van der Waals surface area contributed by atoms with E-state index in [1.54, 1.807) is 43.4 Å². The van der Waals surface area contributed by atoms with E-state index in [0.717, 1.165) is 18.3 Å². The van der Waals surface area contributed by atoms with Crippen LogP contribution in [0, 0.1) is 0 Å². The van der Waals surface area contributed by atoms with Crippen LogP contribution in [-0.4, -0.2) is 35.0 Å². The molecular weight excluding hydrogens is 405 g/mol. The number of likely N-dealkylation sites (N-methyl/N-ethyl adjacent to an activating group) is 1. The molecule has 2 aromatic heterocycles. The first-order chi connectivity index (χ1) is 14.8. The highest BCUT2D eigenvalue weighted by atomic mass is 19.4. The van der Waals surface area contributed by atoms with Crippen molar-refractivity contribution in [1.29, 1.82) is 0 Å². The minimum absolute atomic E-state index is 0.00102. The highest BCUT2D eigenvalue weighted by Gasteiger charge is 2.36. The van der Waals surface area contributed by atoms with E-state index in [0.29, 0.717) is 23.5 Å². The Kier molecular flexibility index (Phi) is 4.39. The van der Waals surface area contributed by atoms with Crippen LogP contribution < -0.4 is 9.64 Å². The van der Waals surface area contributed by atoms with Crippen LogP contribution in [0.4, 0.5) is 18.9 Å². The molecule has 0 atom stereocenters. The van der Waals surface area contributed by atoms with Crippen LogP contribution in [0.3, 0.4) is 0 Å². The Morgan fingerprint density at radius 3 is 2.48 bits per heavy atom. The second kappa shape index (κ2) is 7.01. The number of alkyl halides is 3. The van der Waals surface area contributed by atoms with E-state index >= 15 is 0 Å². The molecule has 0 aliphatic carbocycles. The molecular formula is C23H19F3N4O. The van der Waals surface area contributed by atoms with Gasteiger partial charge >= 0.3 is 6.18 Å². The van der Waals surface area contributed by atoms with Crippen molar-refractivity contribution in [1.82, 2.24) is 14.8 Å². The van der Waals surface area contributed by atoms with E-state index in [4.69, 9.17) is 4.74 Å². The minimum Gasteiger partial charge on any atom is -0.490 e. The maximum atomic E-state index is 14.1. The number of anilines is 1. The number of aromatic nitrogens is 3. The predicted octanol–water partition coefficient (Wildman–Crippen LogP) is 5.15. The van der Waals surface area contributed by atoms with Gasteiger partial charge in [-0.1, -0.05) is 36.4 Å². The summed E-state index contributed by atoms with van der Waals surface area (Å²) in [5.74, 6) is 0.636. The lowest BCUT2D eigenvalue weighted by Crippen LogP contribution is -2.28. The Morgan fingerprint density at radius 2 is 1.74 bits per heavy atom. The summed E-state index contributed by atoms with van der Waals surface area (Å²) in [5, 5.41) is 4.37. The van der Waals surface area contributed by atoms with Crippen LogP contribution in [0.1, 0.15) is 5.56 Å². The molecule has 1 aliphatic heterocycles. The molecule has 3 heterocycles. The van der Waals surface area contributed by atoms with Gasteiger partial charge in [0, 0.05) is 25.2 Å². The number of benzene rings is 2. The zero-order valence-corrected chi connectivity index (χ0v) is 16.9. The van der Waals surface area contributed by atoms with E-state index in [-0.39, 0.29) is 22.4 Å². The van der Waals surface area contributed by atoms with E-state index in [1.165, 1.54) is 4.68 Å². The topological polar surface area (TPSA) is 43.2 Å². The van der Waals surface area contributed by atoms with Crippen LogP contribution in [0.25, 0.3) is 33.5 Å². The molecule has 31 heavy (non-hydrogen) atoms. The number of halogens is 3. The van der Waals surface area contributed by atoms with E-state index < -0.39 is 11.7 Å². The standard InChI is InChI=1S/C23H19F3N4O/c1-29-10-11-31-19-12-15(8-9-18(19)29)17-13-16(23(24,25)26)20-21(14-6-4-3-5-7-14)28-30(2)22(20)27-17/h3-9,12-13H,10-11H2,1-2H3. The molecule has 5 nitrogen and oxygen atoms in total. The smallest absolute Gasteiger partial charge is 0.417 e. The second-order valence-corrected chi connectivity index (χ2v) is 7.54. The van der Waals surface area contributed by atoms with Gasteiger partial charge in [0.25, 0.3) is 0 Å². The van der Waals surface area contributed by atoms with Crippen molar-refractivity contribution in [3.63, 3.8) is 0 Å². The maximum Gasteiger partial charge on any atom is 0.417 e.